The van der Waals surface area contributed by atoms with E-state index in [-0.39, 0.29) is 11.7 Å². The van der Waals surface area contributed by atoms with Crippen LogP contribution in [0.15, 0.2) is 36.5 Å². The molecule has 1 amide bonds. The van der Waals surface area contributed by atoms with E-state index in [4.69, 9.17) is 11.6 Å². The molecule has 0 aliphatic rings. The number of rotatable bonds is 2. The van der Waals surface area contributed by atoms with Gasteiger partial charge in [0.25, 0.3) is 5.91 Å². The second kappa shape index (κ2) is 5.53. The van der Waals surface area contributed by atoms with Crippen LogP contribution in [-0.2, 0) is 0 Å². The number of pyridine rings is 1. The first-order valence-electron chi connectivity index (χ1n) is 4.97. The Bertz CT molecular complexity index is 587. The number of hydrogen-bond acceptors (Lipinski definition) is 3. The summed E-state index contributed by atoms with van der Waals surface area (Å²) in [7, 11) is 0. The molecule has 6 heteroatoms. The number of carbonyl (C=O) groups excluding carboxylic acids is 1. The number of aromatic nitrogens is 1. The summed E-state index contributed by atoms with van der Waals surface area (Å²) in [6.45, 7) is 0. The molecular weight excluding hydrogens is 367 g/mol. The molecule has 0 radical (unpaired) electrons. The predicted octanol–water partition coefficient (Wildman–Crippen LogP) is 3.30. The Morgan fingerprint density at radius 2 is 2.11 bits per heavy atom. The first-order valence-corrected chi connectivity index (χ1v) is 6.43. The van der Waals surface area contributed by atoms with Crippen molar-refractivity contribution in [1.29, 1.82) is 0 Å². The van der Waals surface area contributed by atoms with E-state index in [1.54, 1.807) is 24.3 Å². The number of phenolic OH excluding ortho intramolecular Hbond substituents is 1. The fraction of sp³-hybridized carbons (Fsp3) is 0. The van der Waals surface area contributed by atoms with Crippen molar-refractivity contribution >= 4 is 45.8 Å². The van der Waals surface area contributed by atoms with Crippen LogP contribution in [0.1, 0.15) is 10.4 Å². The van der Waals surface area contributed by atoms with Crippen LogP contribution in [0.3, 0.4) is 0 Å². The number of halogens is 2. The lowest BCUT2D eigenvalue weighted by molar-refractivity contribution is 0.102. The summed E-state index contributed by atoms with van der Waals surface area (Å²) >= 11 is 7.63. The highest BCUT2D eigenvalue weighted by Crippen LogP contribution is 2.21. The minimum absolute atomic E-state index is 0.0810. The van der Waals surface area contributed by atoms with Crippen molar-refractivity contribution < 1.29 is 9.90 Å². The van der Waals surface area contributed by atoms with Gasteiger partial charge in [0.15, 0.2) is 0 Å². The number of benzene rings is 1. The zero-order valence-corrected chi connectivity index (χ0v) is 11.9. The number of hydrogen-bond donors (Lipinski definition) is 2. The average molecular weight is 375 g/mol. The molecule has 0 spiro atoms. The summed E-state index contributed by atoms with van der Waals surface area (Å²) in [5.74, 6) is -0.233. The van der Waals surface area contributed by atoms with Crippen LogP contribution >= 0.6 is 34.2 Å². The summed E-state index contributed by atoms with van der Waals surface area (Å²) in [5.41, 5.74) is 0.922. The minimum Gasteiger partial charge on any atom is -0.507 e. The lowest BCUT2D eigenvalue weighted by Gasteiger charge is -2.05. The number of anilines is 1. The molecule has 2 rings (SSSR count). The molecular formula is C12H8ClIN2O2. The molecule has 92 valence electrons. The normalized spacial score (nSPS) is 10.1. The Kier molecular flexibility index (Phi) is 4.03. The Labute approximate surface area is 122 Å². The van der Waals surface area contributed by atoms with Crippen LogP contribution < -0.4 is 5.32 Å². The quantitative estimate of drug-likeness (QED) is 0.626. The zero-order valence-electron chi connectivity index (χ0n) is 9.02. The van der Waals surface area contributed by atoms with Crippen molar-refractivity contribution in [3.8, 4) is 5.75 Å². The minimum atomic E-state index is -0.314. The van der Waals surface area contributed by atoms with Gasteiger partial charge in [-0.3, -0.25) is 4.79 Å². The van der Waals surface area contributed by atoms with Gasteiger partial charge >= 0.3 is 0 Å². The van der Waals surface area contributed by atoms with Crippen molar-refractivity contribution in [2.45, 2.75) is 0 Å². The largest absolute Gasteiger partial charge is 0.507 e. The molecule has 0 unspecified atom stereocenters. The standard InChI is InChI=1S/C12H8ClIN2O2/c13-11-4-2-8(6-15-11)16-12(18)7-1-3-9(14)10(17)5-7/h1-6,17H,(H,16,18). The molecule has 4 nitrogen and oxygen atoms in total. The van der Waals surface area contributed by atoms with Gasteiger partial charge in [0.05, 0.1) is 15.5 Å². The first kappa shape index (κ1) is 13.1. The molecule has 2 N–H and O–H groups in total. The molecule has 18 heavy (non-hydrogen) atoms. The van der Waals surface area contributed by atoms with E-state index in [0.717, 1.165) is 0 Å². The van der Waals surface area contributed by atoms with Gasteiger partial charge in [0, 0.05) is 5.56 Å². The SMILES string of the molecule is O=C(Nc1ccc(Cl)nc1)c1ccc(I)c(O)c1. The topological polar surface area (TPSA) is 62.2 Å². The van der Waals surface area contributed by atoms with E-state index in [0.29, 0.717) is 20.0 Å². The van der Waals surface area contributed by atoms with Crippen LogP contribution in [0.25, 0.3) is 0 Å². The van der Waals surface area contributed by atoms with Crippen molar-refractivity contribution in [3.63, 3.8) is 0 Å². The fourth-order valence-corrected chi connectivity index (χ4v) is 1.75. The van der Waals surface area contributed by atoms with E-state index in [1.807, 2.05) is 22.6 Å². The third-order valence-electron chi connectivity index (χ3n) is 2.19. The number of nitrogens with one attached hydrogen (secondary N) is 1. The van der Waals surface area contributed by atoms with Gasteiger partial charge in [0.2, 0.25) is 0 Å². The lowest BCUT2D eigenvalue weighted by atomic mass is 10.2. The predicted molar refractivity (Wildman–Crippen MR) is 78.0 cm³/mol. The second-order valence-corrected chi connectivity index (χ2v) is 5.04. The molecule has 1 aromatic heterocycles. The summed E-state index contributed by atoms with van der Waals surface area (Å²) < 4.78 is 0.692. The van der Waals surface area contributed by atoms with Gasteiger partial charge in [-0.1, -0.05) is 11.6 Å². The molecule has 0 aliphatic heterocycles. The number of aromatic hydroxyl groups is 1. The number of nitrogens with zero attached hydrogens (tertiary/aromatic N) is 1. The van der Waals surface area contributed by atoms with Gasteiger partial charge in [-0.05, 0) is 52.9 Å². The Balaban J connectivity index is 2.16. The summed E-state index contributed by atoms with van der Waals surface area (Å²) in [4.78, 5) is 15.7. The molecule has 0 bridgehead atoms. The van der Waals surface area contributed by atoms with Crippen LogP contribution in [0.5, 0.6) is 5.75 Å². The Morgan fingerprint density at radius 3 is 2.72 bits per heavy atom. The molecule has 0 aliphatic carbocycles. The van der Waals surface area contributed by atoms with Gasteiger partial charge in [-0.2, -0.15) is 0 Å². The van der Waals surface area contributed by atoms with Crippen LogP contribution in [-0.4, -0.2) is 16.0 Å². The van der Waals surface area contributed by atoms with Crippen LogP contribution in [0.2, 0.25) is 5.15 Å². The average Bonchev–Trinajstić information content (AvgIpc) is 2.35. The second-order valence-electron chi connectivity index (χ2n) is 3.49. The third kappa shape index (κ3) is 3.11. The van der Waals surface area contributed by atoms with E-state index in [1.165, 1.54) is 12.3 Å². The fourth-order valence-electron chi connectivity index (χ4n) is 1.31. The Morgan fingerprint density at radius 1 is 1.33 bits per heavy atom. The van der Waals surface area contributed by atoms with Crippen LogP contribution in [0, 0.1) is 3.57 Å². The van der Waals surface area contributed by atoms with Crippen molar-refractivity contribution in [2.75, 3.05) is 5.32 Å². The molecule has 1 aromatic carbocycles. The molecule has 0 fully saturated rings. The summed E-state index contributed by atoms with van der Waals surface area (Å²) in [5, 5.41) is 12.6. The lowest BCUT2D eigenvalue weighted by Crippen LogP contribution is -2.11. The smallest absolute Gasteiger partial charge is 0.255 e. The number of carbonyl (C=O) groups is 1. The van der Waals surface area contributed by atoms with E-state index < -0.39 is 0 Å². The zero-order chi connectivity index (χ0) is 13.1. The highest BCUT2D eigenvalue weighted by atomic mass is 127. The highest BCUT2D eigenvalue weighted by Gasteiger charge is 2.08. The maximum Gasteiger partial charge on any atom is 0.255 e. The van der Waals surface area contributed by atoms with Crippen molar-refractivity contribution in [3.05, 3.63) is 50.8 Å². The Hall–Kier alpha value is -1.34. The van der Waals surface area contributed by atoms with Gasteiger partial charge in [0.1, 0.15) is 10.9 Å². The maximum atomic E-state index is 11.9. The summed E-state index contributed by atoms with van der Waals surface area (Å²) in [6.07, 6.45) is 1.47. The highest BCUT2D eigenvalue weighted by molar-refractivity contribution is 14.1. The van der Waals surface area contributed by atoms with E-state index in [9.17, 15) is 9.90 Å². The molecule has 2 aromatic rings. The number of amides is 1. The van der Waals surface area contributed by atoms with Crippen molar-refractivity contribution in [1.82, 2.24) is 4.98 Å². The van der Waals surface area contributed by atoms with Gasteiger partial charge in [-0.15, -0.1) is 0 Å². The summed E-state index contributed by atoms with van der Waals surface area (Å²) in [6, 6.07) is 7.97. The molecule has 1 heterocycles. The maximum absolute atomic E-state index is 11.9. The van der Waals surface area contributed by atoms with Crippen molar-refractivity contribution in [2.24, 2.45) is 0 Å². The monoisotopic (exact) mass is 374 g/mol. The van der Waals surface area contributed by atoms with Gasteiger partial charge in [-0.25, -0.2) is 4.98 Å². The number of phenols is 1. The molecule has 0 atom stereocenters. The van der Waals surface area contributed by atoms with Gasteiger partial charge < -0.3 is 10.4 Å². The van der Waals surface area contributed by atoms with E-state index in [2.05, 4.69) is 10.3 Å². The molecule has 0 saturated carbocycles. The first-order chi connectivity index (χ1) is 8.56. The third-order valence-corrected chi connectivity index (χ3v) is 3.33. The molecule has 0 saturated heterocycles. The van der Waals surface area contributed by atoms with Crippen LogP contribution in [0.4, 0.5) is 5.69 Å². The van der Waals surface area contributed by atoms with E-state index >= 15 is 0 Å².